The summed E-state index contributed by atoms with van der Waals surface area (Å²) in [6, 6.07) is 11.6. The number of non-ortho nitro benzene ring substituents is 1. The normalized spacial score (nSPS) is 11.4. The van der Waals surface area contributed by atoms with Crippen molar-refractivity contribution in [2.75, 3.05) is 34.3 Å². The molecule has 0 radical (unpaired) electrons. The van der Waals surface area contributed by atoms with Crippen LogP contribution in [0, 0.1) is 10.1 Å². The molecule has 0 aliphatic carbocycles. The molecule has 0 fully saturated rings. The summed E-state index contributed by atoms with van der Waals surface area (Å²) in [5, 5.41) is 13.6. The Morgan fingerprint density at radius 1 is 1.08 bits per heavy atom. The highest BCUT2D eigenvalue weighted by molar-refractivity contribution is 7.92. The molecule has 1 aromatic heterocycles. The molecule has 0 unspecified atom stereocenters. The summed E-state index contributed by atoms with van der Waals surface area (Å²) >= 11 is 0. The van der Waals surface area contributed by atoms with Gasteiger partial charge in [-0.15, -0.1) is 0 Å². The summed E-state index contributed by atoms with van der Waals surface area (Å²) in [6.45, 7) is -0.723. The van der Waals surface area contributed by atoms with E-state index >= 15 is 0 Å². The van der Waals surface area contributed by atoms with Gasteiger partial charge in [0.25, 0.3) is 15.7 Å². The number of nitrogens with zero attached hydrogens (tertiary/aromatic N) is 3. The first-order valence-corrected chi connectivity index (χ1v) is 13.4. The first-order valence-electron chi connectivity index (χ1n) is 10.0. The van der Waals surface area contributed by atoms with Crippen LogP contribution in [0.4, 0.5) is 22.7 Å². The molecular formula is C21H21N5O8S2. The fourth-order valence-corrected chi connectivity index (χ4v) is 4.95. The Bertz CT molecular complexity index is 1480. The molecular weight excluding hydrogens is 514 g/mol. The number of nitrogens with one attached hydrogen (secondary N) is 2. The zero-order valence-corrected chi connectivity index (χ0v) is 20.6. The maximum Gasteiger partial charge on any atom is 0.271 e. The SMILES string of the molecule is COc1ccc([N+](=O)[O-])cc1N(CC(=O)Nc1ccc(S(=O)(=O)Nc2cccnc2)cc1)S(C)(=O)=O. The second kappa shape index (κ2) is 10.6. The summed E-state index contributed by atoms with van der Waals surface area (Å²) in [7, 11) is -6.72. The highest BCUT2D eigenvalue weighted by Gasteiger charge is 2.26. The molecule has 190 valence electrons. The smallest absolute Gasteiger partial charge is 0.271 e. The van der Waals surface area contributed by atoms with Gasteiger partial charge in [-0.2, -0.15) is 0 Å². The number of ether oxygens (including phenoxy) is 1. The van der Waals surface area contributed by atoms with Gasteiger partial charge in [-0.1, -0.05) is 0 Å². The van der Waals surface area contributed by atoms with Crippen LogP contribution in [0.25, 0.3) is 0 Å². The van der Waals surface area contributed by atoms with Crippen LogP contribution in [0.1, 0.15) is 0 Å². The highest BCUT2D eigenvalue weighted by atomic mass is 32.2. The Labute approximate surface area is 207 Å². The van der Waals surface area contributed by atoms with Crippen LogP contribution < -0.4 is 19.1 Å². The van der Waals surface area contributed by atoms with E-state index in [-0.39, 0.29) is 27.7 Å². The first-order chi connectivity index (χ1) is 16.9. The number of anilines is 3. The van der Waals surface area contributed by atoms with E-state index in [4.69, 9.17) is 4.74 Å². The predicted octanol–water partition coefficient (Wildman–Crippen LogP) is 2.20. The molecule has 0 atom stereocenters. The number of methoxy groups -OCH3 is 1. The van der Waals surface area contributed by atoms with Crippen LogP contribution in [-0.2, 0) is 24.8 Å². The lowest BCUT2D eigenvalue weighted by molar-refractivity contribution is -0.384. The van der Waals surface area contributed by atoms with Crippen molar-refractivity contribution < 1.29 is 31.3 Å². The maximum absolute atomic E-state index is 12.7. The Balaban J connectivity index is 1.79. The zero-order valence-electron chi connectivity index (χ0n) is 19.0. The van der Waals surface area contributed by atoms with Crippen molar-refractivity contribution in [2.24, 2.45) is 0 Å². The van der Waals surface area contributed by atoms with Gasteiger partial charge in [-0.3, -0.25) is 28.9 Å². The van der Waals surface area contributed by atoms with Crippen molar-refractivity contribution in [1.82, 2.24) is 4.98 Å². The molecule has 13 nitrogen and oxygen atoms in total. The lowest BCUT2D eigenvalue weighted by Crippen LogP contribution is -2.37. The summed E-state index contributed by atoms with van der Waals surface area (Å²) in [5.74, 6) is -0.771. The molecule has 2 aromatic carbocycles. The lowest BCUT2D eigenvalue weighted by Gasteiger charge is -2.23. The largest absolute Gasteiger partial charge is 0.495 e. The number of sulfonamides is 2. The number of amides is 1. The maximum atomic E-state index is 12.7. The van der Waals surface area contributed by atoms with Crippen molar-refractivity contribution in [2.45, 2.75) is 4.90 Å². The van der Waals surface area contributed by atoms with E-state index in [9.17, 15) is 31.7 Å². The van der Waals surface area contributed by atoms with Crippen LogP contribution in [0.3, 0.4) is 0 Å². The van der Waals surface area contributed by atoms with Gasteiger partial charge in [-0.25, -0.2) is 16.8 Å². The van der Waals surface area contributed by atoms with Crippen molar-refractivity contribution in [1.29, 1.82) is 0 Å². The van der Waals surface area contributed by atoms with Gasteiger partial charge in [-0.05, 0) is 42.5 Å². The zero-order chi connectivity index (χ0) is 26.5. The van der Waals surface area contributed by atoms with Gasteiger partial charge < -0.3 is 10.1 Å². The van der Waals surface area contributed by atoms with Crippen molar-refractivity contribution in [3.63, 3.8) is 0 Å². The third kappa shape index (κ3) is 6.45. The van der Waals surface area contributed by atoms with Crippen LogP contribution in [-0.4, -0.2) is 52.6 Å². The van der Waals surface area contributed by atoms with E-state index in [0.29, 0.717) is 4.31 Å². The van der Waals surface area contributed by atoms with Gasteiger partial charge in [0.1, 0.15) is 18.0 Å². The summed E-state index contributed by atoms with van der Waals surface area (Å²) in [6.07, 6.45) is 3.68. The Kier molecular flexibility index (Phi) is 7.74. The standard InChI is InChI=1S/C21H21N5O8S2/c1-34-20-10-7-17(26(28)29)12-19(20)25(35(2,30)31)14-21(27)23-15-5-8-18(9-6-15)36(32,33)24-16-4-3-11-22-13-16/h3-13,24H,14H2,1-2H3,(H,23,27). The van der Waals surface area contributed by atoms with Crippen molar-refractivity contribution in [3.8, 4) is 5.75 Å². The van der Waals surface area contributed by atoms with Crippen LogP contribution in [0.15, 0.2) is 71.9 Å². The Morgan fingerprint density at radius 2 is 1.78 bits per heavy atom. The number of rotatable bonds is 10. The van der Waals surface area contributed by atoms with Crippen molar-refractivity contribution >= 4 is 48.7 Å². The molecule has 0 spiro atoms. The minimum absolute atomic E-state index is 0.00880. The van der Waals surface area contributed by atoms with Gasteiger partial charge in [0.05, 0.1) is 35.1 Å². The minimum Gasteiger partial charge on any atom is -0.495 e. The summed E-state index contributed by atoms with van der Waals surface area (Å²) in [4.78, 5) is 26.9. The molecule has 36 heavy (non-hydrogen) atoms. The second-order valence-corrected chi connectivity index (χ2v) is 10.9. The van der Waals surface area contributed by atoms with E-state index in [1.807, 2.05) is 0 Å². The van der Waals surface area contributed by atoms with Crippen LogP contribution >= 0.6 is 0 Å². The first kappa shape index (κ1) is 26.4. The van der Waals surface area contributed by atoms with E-state index in [2.05, 4.69) is 15.0 Å². The summed E-state index contributed by atoms with van der Waals surface area (Å²) < 4.78 is 58.0. The fourth-order valence-electron chi connectivity index (χ4n) is 3.05. The molecule has 3 aromatic rings. The molecule has 1 amide bonds. The number of nitro benzene ring substituents is 1. The number of aromatic nitrogens is 1. The third-order valence-corrected chi connectivity index (χ3v) is 7.22. The number of pyridine rings is 1. The van der Waals surface area contributed by atoms with Gasteiger partial charge >= 0.3 is 0 Å². The van der Waals surface area contributed by atoms with E-state index in [1.165, 1.54) is 55.9 Å². The highest BCUT2D eigenvalue weighted by Crippen LogP contribution is 2.33. The molecule has 0 aliphatic heterocycles. The van der Waals surface area contributed by atoms with E-state index in [0.717, 1.165) is 18.4 Å². The Hall–Kier alpha value is -4.24. The van der Waals surface area contributed by atoms with Crippen molar-refractivity contribution in [3.05, 3.63) is 77.1 Å². The summed E-state index contributed by atoms with van der Waals surface area (Å²) in [5.41, 5.74) is -0.115. The average molecular weight is 536 g/mol. The average Bonchev–Trinajstić information content (AvgIpc) is 2.82. The molecule has 3 rings (SSSR count). The van der Waals surface area contributed by atoms with Gasteiger partial charge in [0, 0.05) is 24.0 Å². The number of nitro groups is 1. The van der Waals surface area contributed by atoms with Gasteiger partial charge in [0.2, 0.25) is 15.9 Å². The minimum atomic E-state index is -4.06. The van der Waals surface area contributed by atoms with Crippen LogP contribution in [0.2, 0.25) is 0 Å². The molecule has 0 saturated heterocycles. The monoisotopic (exact) mass is 535 g/mol. The Morgan fingerprint density at radius 3 is 2.33 bits per heavy atom. The number of hydrogen-bond acceptors (Lipinski definition) is 9. The molecule has 0 saturated carbocycles. The van der Waals surface area contributed by atoms with Crippen LogP contribution in [0.5, 0.6) is 5.75 Å². The van der Waals surface area contributed by atoms with E-state index in [1.54, 1.807) is 6.07 Å². The topological polar surface area (TPSA) is 178 Å². The lowest BCUT2D eigenvalue weighted by atomic mass is 10.2. The number of carbonyl (C=O) groups excluding carboxylic acids is 1. The number of carbonyl (C=O) groups is 1. The number of benzene rings is 2. The molecule has 0 aliphatic rings. The van der Waals surface area contributed by atoms with Gasteiger partial charge in [0.15, 0.2) is 0 Å². The third-order valence-electron chi connectivity index (χ3n) is 4.69. The predicted molar refractivity (Wildman–Crippen MR) is 132 cm³/mol. The second-order valence-electron chi connectivity index (χ2n) is 7.30. The van der Waals surface area contributed by atoms with E-state index < -0.39 is 43.1 Å². The fraction of sp³-hybridized carbons (Fsp3) is 0.143. The molecule has 0 bridgehead atoms. The number of hydrogen-bond donors (Lipinski definition) is 2. The molecule has 2 N–H and O–H groups in total. The molecule has 1 heterocycles. The molecule has 15 heteroatoms. The quantitative estimate of drug-likeness (QED) is 0.291.